The van der Waals surface area contributed by atoms with E-state index in [0.29, 0.717) is 24.3 Å². The summed E-state index contributed by atoms with van der Waals surface area (Å²) >= 11 is 0. The highest BCUT2D eigenvalue weighted by Gasteiger charge is 2.06. The first-order chi connectivity index (χ1) is 6.24. The number of rotatable bonds is 4. The van der Waals surface area contributed by atoms with Gasteiger partial charge in [0, 0.05) is 13.2 Å². The lowest BCUT2D eigenvalue weighted by molar-refractivity contribution is 0.0950. The molecule has 0 bridgehead atoms. The number of hydrogen-bond acceptors (Lipinski definition) is 3. The van der Waals surface area contributed by atoms with Crippen molar-refractivity contribution in [2.45, 2.75) is 13.3 Å². The summed E-state index contributed by atoms with van der Waals surface area (Å²) in [4.78, 5) is 11.3. The summed E-state index contributed by atoms with van der Waals surface area (Å²) in [6.07, 6.45) is 1.99. The van der Waals surface area contributed by atoms with Crippen LogP contribution < -0.4 is 5.32 Å². The van der Waals surface area contributed by atoms with Gasteiger partial charge in [0.25, 0.3) is 5.91 Å². The topological polar surface area (TPSA) is 62.5 Å². The van der Waals surface area contributed by atoms with Gasteiger partial charge in [0.15, 0.2) is 0 Å². The Hall–Kier alpha value is -1.29. The van der Waals surface area contributed by atoms with Gasteiger partial charge in [-0.05, 0) is 19.4 Å². The molecule has 1 rings (SSSR count). The second-order valence-corrected chi connectivity index (χ2v) is 2.78. The minimum absolute atomic E-state index is 0.0880. The Morgan fingerprint density at radius 3 is 3.00 bits per heavy atom. The molecular weight excluding hydrogens is 170 g/mol. The summed E-state index contributed by atoms with van der Waals surface area (Å²) in [6, 6.07) is 1.67. The first-order valence-electron chi connectivity index (χ1n) is 4.18. The highest BCUT2D eigenvalue weighted by molar-refractivity contribution is 5.93. The summed E-state index contributed by atoms with van der Waals surface area (Å²) < 4.78 is 4.98. The normalized spacial score (nSPS) is 10.0. The first-order valence-corrected chi connectivity index (χ1v) is 4.18. The minimum atomic E-state index is -0.162. The van der Waals surface area contributed by atoms with Crippen LogP contribution in [-0.4, -0.2) is 24.2 Å². The molecule has 0 unspecified atom stereocenters. The van der Waals surface area contributed by atoms with Gasteiger partial charge in [0.2, 0.25) is 0 Å². The second kappa shape index (κ2) is 4.67. The molecule has 0 radical (unpaired) electrons. The highest BCUT2D eigenvalue weighted by Crippen LogP contribution is 2.05. The molecule has 0 aliphatic rings. The Kier molecular flexibility index (Phi) is 3.52. The number of aliphatic hydroxyl groups is 1. The van der Waals surface area contributed by atoms with E-state index in [4.69, 9.17) is 9.52 Å². The lowest BCUT2D eigenvalue weighted by Gasteiger charge is -1.99. The zero-order chi connectivity index (χ0) is 9.68. The van der Waals surface area contributed by atoms with Crippen LogP contribution in [0, 0.1) is 6.92 Å². The van der Waals surface area contributed by atoms with Gasteiger partial charge in [-0.1, -0.05) is 0 Å². The summed E-state index contributed by atoms with van der Waals surface area (Å²) in [6.45, 7) is 2.36. The van der Waals surface area contributed by atoms with Gasteiger partial charge in [-0.3, -0.25) is 4.79 Å². The number of nitrogens with one attached hydrogen (secondary N) is 1. The quantitative estimate of drug-likeness (QED) is 0.675. The van der Waals surface area contributed by atoms with E-state index >= 15 is 0 Å². The lowest BCUT2D eigenvalue weighted by atomic mass is 10.3. The molecule has 0 aliphatic carbocycles. The number of hydrogen-bond donors (Lipinski definition) is 2. The number of aryl methyl sites for hydroxylation is 1. The SMILES string of the molecule is Cc1cc(C(=O)NCCCO)co1. The van der Waals surface area contributed by atoms with Crippen molar-refractivity contribution in [3.05, 3.63) is 23.7 Å². The highest BCUT2D eigenvalue weighted by atomic mass is 16.3. The molecule has 0 fully saturated rings. The van der Waals surface area contributed by atoms with Crippen molar-refractivity contribution in [1.82, 2.24) is 5.32 Å². The molecule has 1 amide bonds. The van der Waals surface area contributed by atoms with Crippen molar-refractivity contribution in [3.63, 3.8) is 0 Å². The predicted molar refractivity (Wildman–Crippen MR) is 47.5 cm³/mol. The third-order valence-electron chi connectivity index (χ3n) is 1.61. The Morgan fingerprint density at radius 1 is 1.69 bits per heavy atom. The van der Waals surface area contributed by atoms with Gasteiger partial charge in [0.05, 0.1) is 5.56 Å². The Balaban J connectivity index is 2.40. The van der Waals surface area contributed by atoms with E-state index < -0.39 is 0 Å². The van der Waals surface area contributed by atoms with Crippen molar-refractivity contribution < 1.29 is 14.3 Å². The summed E-state index contributed by atoms with van der Waals surface area (Å²) in [5.74, 6) is 0.553. The summed E-state index contributed by atoms with van der Waals surface area (Å²) in [5, 5.41) is 11.1. The van der Waals surface area contributed by atoms with Crippen LogP contribution in [0.25, 0.3) is 0 Å². The summed E-state index contributed by atoms with van der Waals surface area (Å²) in [5.41, 5.74) is 0.524. The minimum Gasteiger partial charge on any atom is -0.469 e. The van der Waals surface area contributed by atoms with Gasteiger partial charge in [-0.15, -0.1) is 0 Å². The number of furan rings is 1. The molecule has 1 aromatic rings. The summed E-state index contributed by atoms with van der Waals surface area (Å²) in [7, 11) is 0. The molecule has 4 nitrogen and oxygen atoms in total. The fraction of sp³-hybridized carbons (Fsp3) is 0.444. The van der Waals surface area contributed by atoms with Crippen molar-refractivity contribution >= 4 is 5.91 Å². The molecule has 0 aliphatic heterocycles. The zero-order valence-electron chi connectivity index (χ0n) is 7.54. The fourth-order valence-corrected chi connectivity index (χ4v) is 0.946. The number of aliphatic hydroxyl groups excluding tert-OH is 1. The molecule has 13 heavy (non-hydrogen) atoms. The maximum atomic E-state index is 11.3. The molecule has 0 aromatic carbocycles. The molecule has 0 saturated carbocycles. The molecule has 4 heteroatoms. The molecule has 1 aromatic heterocycles. The van der Waals surface area contributed by atoms with Gasteiger partial charge >= 0.3 is 0 Å². The van der Waals surface area contributed by atoms with Crippen LogP contribution in [0.1, 0.15) is 22.5 Å². The van der Waals surface area contributed by atoms with E-state index in [-0.39, 0.29) is 12.5 Å². The molecule has 0 spiro atoms. The van der Waals surface area contributed by atoms with Crippen LogP contribution in [0.2, 0.25) is 0 Å². The molecular formula is C9H13NO3. The van der Waals surface area contributed by atoms with Crippen LogP contribution in [0.3, 0.4) is 0 Å². The van der Waals surface area contributed by atoms with E-state index in [0.717, 1.165) is 0 Å². The third-order valence-corrected chi connectivity index (χ3v) is 1.61. The number of amides is 1. The molecule has 0 saturated heterocycles. The molecule has 1 heterocycles. The predicted octanol–water partition coefficient (Wildman–Crippen LogP) is 0.700. The zero-order valence-corrected chi connectivity index (χ0v) is 7.54. The van der Waals surface area contributed by atoms with Crippen LogP contribution in [0.15, 0.2) is 16.7 Å². The van der Waals surface area contributed by atoms with E-state index in [9.17, 15) is 4.79 Å². The molecule has 72 valence electrons. The van der Waals surface area contributed by atoms with Gasteiger partial charge in [-0.25, -0.2) is 0 Å². The standard InChI is InChI=1S/C9H13NO3/c1-7-5-8(6-13-7)9(12)10-3-2-4-11/h5-6,11H,2-4H2,1H3,(H,10,12). The van der Waals surface area contributed by atoms with Crippen molar-refractivity contribution in [2.75, 3.05) is 13.2 Å². The maximum Gasteiger partial charge on any atom is 0.254 e. The average Bonchev–Trinajstić information content (AvgIpc) is 2.52. The molecule has 0 atom stereocenters. The maximum absolute atomic E-state index is 11.3. The second-order valence-electron chi connectivity index (χ2n) is 2.78. The van der Waals surface area contributed by atoms with Crippen molar-refractivity contribution in [1.29, 1.82) is 0 Å². The number of carbonyl (C=O) groups is 1. The van der Waals surface area contributed by atoms with Crippen LogP contribution in [0.5, 0.6) is 0 Å². The first kappa shape index (κ1) is 9.80. The monoisotopic (exact) mass is 183 g/mol. The molecule has 2 N–H and O–H groups in total. The van der Waals surface area contributed by atoms with Crippen LogP contribution in [0.4, 0.5) is 0 Å². The Labute approximate surface area is 76.6 Å². The average molecular weight is 183 g/mol. The number of carbonyl (C=O) groups excluding carboxylic acids is 1. The van der Waals surface area contributed by atoms with Gasteiger partial charge in [0.1, 0.15) is 12.0 Å². The largest absolute Gasteiger partial charge is 0.469 e. The smallest absolute Gasteiger partial charge is 0.254 e. The van der Waals surface area contributed by atoms with E-state index in [2.05, 4.69) is 5.32 Å². The van der Waals surface area contributed by atoms with E-state index in [1.165, 1.54) is 6.26 Å². The van der Waals surface area contributed by atoms with Crippen LogP contribution in [-0.2, 0) is 0 Å². The third kappa shape index (κ3) is 2.91. The Bertz CT molecular complexity index is 280. The fourth-order valence-electron chi connectivity index (χ4n) is 0.946. The lowest BCUT2D eigenvalue weighted by Crippen LogP contribution is -2.24. The van der Waals surface area contributed by atoms with E-state index in [1.54, 1.807) is 13.0 Å². The van der Waals surface area contributed by atoms with Crippen molar-refractivity contribution in [3.8, 4) is 0 Å². The van der Waals surface area contributed by atoms with Gasteiger partial charge < -0.3 is 14.8 Å². The Morgan fingerprint density at radius 2 is 2.46 bits per heavy atom. The van der Waals surface area contributed by atoms with E-state index in [1.807, 2.05) is 0 Å². The van der Waals surface area contributed by atoms with Crippen LogP contribution >= 0.6 is 0 Å². The van der Waals surface area contributed by atoms with Gasteiger partial charge in [-0.2, -0.15) is 0 Å². The van der Waals surface area contributed by atoms with Crippen molar-refractivity contribution in [2.24, 2.45) is 0 Å².